The van der Waals surface area contributed by atoms with Crippen molar-refractivity contribution < 1.29 is 28.7 Å². The van der Waals surface area contributed by atoms with Gasteiger partial charge in [0, 0.05) is 30.3 Å². The zero-order chi connectivity index (χ0) is 27.0. The van der Waals surface area contributed by atoms with Crippen molar-refractivity contribution in [1.29, 1.82) is 0 Å². The molecule has 1 unspecified atom stereocenters. The number of aromatic nitrogens is 1. The van der Waals surface area contributed by atoms with Crippen LogP contribution in [-0.2, 0) is 6.54 Å². The Bertz CT molecular complexity index is 1380. The Hall–Kier alpha value is -3.69. The van der Waals surface area contributed by atoms with Gasteiger partial charge in [0.25, 0.3) is 5.69 Å². The first-order chi connectivity index (χ1) is 18.3. The first kappa shape index (κ1) is 25.9. The van der Waals surface area contributed by atoms with Gasteiger partial charge in [0.2, 0.25) is 0 Å². The minimum Gasteiger partial charge on any atom is -0.497 e. The van der Waals surface area contributed by atoms with Gasteiger partial charge in [-0.15, -0.1) is 6.58 Å². The number of ether oxygens (including phenoxy) is 3. The molecule has 0 saturated carbocycles. The maximum atomic E-state index is 12.1. The Morgan fingerprint density at radius 3 is 2.63 bits per heavy atom. The molecule has 4 heterocycles. The van der Waals surface area contributed by atoms with E-state index in [9.17, 15) is 15.2 Å². The molecule has 0 amide bonds. The van der Waals surface area contributed by atoms with Crippen LogP contribution in [0.1, 0.15) is 30.1 Å². The van der Waals surface area contributed by atoms with Crippen molar-refractivity contribution in [3.05, 3.63) is 76.5 Å². The largest absolute Gasteiger partial charge is 0.497 e. The highest BCUT2D eigenvalue weighted by atomic mass is 16.6. The fourth-order valence-corrected chi connectivity index (χ4v) is 6.67. The number of fused-ring (bicyclic) bond motifs is 4. The summed E-state index contributed by atoms with van der Waals surface area (Å²) in [5, 5.41) is 25.0. The van der Waals surface area contributed by atoms with Crippen molar-refractivity contribution in [1.82, 2.24) is 4.98 Å². The van der Waals surface area contributed by atoms with Gasteiger partial charge >= 0.3 is 0 Å². The summed E-state index contributed by atoms with van der Waals surface area (Å²) < 4.78 is 16.8. The number of hydrogen-bond donors (Lipinski definition) is 1. The molecule has 9 heteroatoms. The van der Waals surface area contributed by atoms with Crippen molar-refractivity contribution in [3.8, 4) is 17.2 Å². The van der Waals surface area contributed by atoms with Gasteiger partial charge in [-0.2, -0.15) is 0 Å². The second kappa shape index (κ2) is 10.2. The lowest BCUT2D eigenvalue weighted by atomic mass is 9.71. The number of pyridine rings is 1. The molecule has 0 aliphatic carbocycles. The topological polar surface area (TPSA) is 104 Å². The van der Waals surface area contributed by atoms with E-state index in [1.54, 1.807) is 19.4 Å². The van der Waals surface area contributed by atoms with Crippen LogP contribution in [0.2, 0.25) is 0 Å². The highest BCUT2D eigenvalue weighted by molar-refractivity contribution is 5.83. The Labute approximate surface area is 222 Å². The van der Waals surface area contributed by atoms with Gasteiger partial charge in [-0.25, -0.2) is 0 Å². The van der Waals surface area contributed by atoms with E-state index in [0.717, 1.165) is 42.4 Å². The number of quaternary nitrogens is 1. The molecule has 3 saturated heterocycles. The zero-order valence-electron chi connectivity index (χ0n) is 22.0. The molecule has 0 spiro atoms. The van der Waals surface area contributed by atoms with Crippen molar-refractivity contribution in [2.75, 3.05) is 34.4 Å². The number of benzene rings is 2. The van der Waals surface area contributed by atoms with E-state index in [1.807, 2.05) is 30.3 Å². The van der Waals surface area contributed by atoms with Crippen LogP contribution in [0.15, 0.2) is 55.3 Å². The lowest BCUT2D eigenvalue weighted by Gasteiger charge is -2.58. The van der Waals surface area contributed by atoms with Crippen LogP contribution in [0.3, 0.4) is 0 Å². The van der Waals surface area contributed by atoms with E-state index in [0.29, 0.717) is 39.8 Å². The Morgan fingerprint density at radius 2 is 1.95 bits per heavy atom. The highest BCUT2D eigenvalue weighted by Crippen LogP contribution is 2.49. The second-order valence-corrected chi connectivity index (χ2v) is 10.4. The summed E-state index contributed by atoms with van der Waals surface area (Å²) in [5.41, 5.74) is 2.13. The minimum absolute atomic E-state index is 0.00895. The molecular weight excluding hydrogens is 486 g/mol. The third kappa shape index (κ3) is 4.35. The summed E-state index contributed by atoms with van der Waals surface area (Å²) in [6.07, 6.45) is 4.72. The fraction of sp³-hybridized carbons (Fsp3) is 0.414. The summed E-state index contributed by atoms with van der Waals surface area (Å²) in [6, 6.07) is 10.5. The number of nitro benzene ring substituents is 1. The number of nitro groups is 1. The predicted molar refractivity (Wildman–Crippen MR) is 143 cm³/mol. The number of aliphatic hydroxyl groups is 1. The van der Waals surface area contributed by atoms with Crippen molar-refractivity contribution >= 4 is 16.6 Å². The second-order valence-electron chi connectivity index (χ2n) is 10.4. The van der Waals surface area contributed by atoms with Crippen molar-refractivity contribution in [2.45, 2.75) is 31.5 Å². The average molecular weight is 521 g/mol. The number of methoxy groups -OCH3 is 3. The lowest BCUT2D eigenvalue weighted by molar-refractivity contribution is -0.985. The van der Waals surface area contributed by atoms with Gasteiger partial charge < -0.3 is 23.8 Å². The molecule has 3 aliphatic heterocycles. The average Bonchev–Trinajstić information content (AvgIpc) is 2.95. The molecule has 1 aromatic heterocycles. The molecule has 200 valence electrons. The van der Waals surface area contributed by atoms with Crippen LogP contribution >= 0.6 is 0 Å². The predicted octanol–water partition coefficient (Wildman–Crippen LogP) is 4.81. The molecule has 0 radical (unpaired) electrons. The third-order valence-electron chi connectivity index (χ3n) is 8.61. The normalized spacial score (nSPS) is 25.1. The molecule has 2 bridgehead atoms. The maximum Gasteiger partial charge on any atom is 0.282 e. The minimum atomic E-state index is -0.791. The van der Waals surface area contributed by atoms with E-state index in [4.69, 9.17) is 14.2 Å². The summed E-state index contributed by atoms with van der Waals surface area (Å²) in [6.45, 7) is 6.05. The fourth-order valence-electron chi connectivity index (χ4n) is 6.67. The van der Waals surface area contributed by atoms with Gasteiger partial charge in [-0.3, -0.25) is 15.1 Å². The summed E-state index contributed by atoms with van der Waals surface area (Å²) in [5.74, 6) is 2.15. The number of nitrogens with zero attached hydrogens (tertiary/aromatic N) is 3. The van der Waals surface area contributed by atoms with Gasteiger partial charge in [-0.1, -0.05) is 6.08 Å². The standard InChI is InChI=1S/C29H34N3O6/c1-5-18-16-32(17-20-13-27(37-3)28(38-4)15-25(20)31(34)35)11-9-19(18)12-26(32)29(33)22-8-10-30-24-7-6-21(36-2)14-23(22)24/h5-8,10,13-15,18-19,26,29,33H,1,9,11-12,16-17H2,2-4H3/q+1/t18-,19-,26+,29-,32?/m0/s1. The molecule has 3 aromatic rings. The molecule has 5 atom stereocenters. The maximum absolute atomic E-state index is 12.1. The number of rotatable bonds is 9. The number of piperidine rings is 3. The van der Waals surface area contributed by atoms with E-state index in [-0.39, 0.29) is 22.6 Å². The van der Waals surface area contributed by atoms with E-state index in [2.05, 4.69) is 11.6 Å². The Balaban J connectivity index is 1.61. The monoisotopic (exact) mass is 520 g/mol. The molecule has 6 rings (SSSR count). The molecule has 3 fully saturated rings. The third-order valence-corrected chi connectivity index (χ3v) is 8.61. The van der Waals surface area contributed by atoms with Crippen molar-refractivity contribution in [2.24, 2.45) is 11.8 Å². The number of hydrogen-bond acceptors (Lipinski definition) is 7. The quantitative estimate of drug-likeness (QED) is 0.187. The first-order valence-electron chi connectivity index (χ1n) is 12.8. The summed E-state index contributed by atoms with van der Waals surface area (Å²) in [7, 11) is 4.61. The van der Waals surface area contributed by atoms with E-state index < -0.39 is 6.10 Å². The molecule has 1 N–H and O–H groups in total. The summed E-state index contributed by atoms with van der Waals surface area (Å²) >= 11 is 0. The zero-order valence-corrected chi connectivity index (χ0v) is 22.0. The van der Waals surface area contributed by atoms with Crippen LogP contribution < -0.4 is 14.2 Å². The Morgan fingerprint density at radius 1 is 1.18 bits per heavy atom. The van der Waals surface area contributed by atoms with Crippen LogP contribution in [0, 0.1) is 22.0 Å². The molecule has 3 aliphatic rings. The van der Waals surface area contributed by atoms with Crippen LogP contribution in [0.4, 0.5) is 5.69 Å². The summed E-state index contributed by atoms with van der Waals surface area (Å²) in [4.78, 5) is 16.2. The molecular formula is C29H34N3O6+. The lowest BCUT2D eigenvalue weighted by Crippen LogP contribution is -2.67. The van der Waals surface area contributed by atoms with Crippen LogP contribution in [-0.4, -0.2) is 60.0 Å². The smallest absolute Gasteiger partial charge is 0.282 e. The first-order valence-corrected chi connectivity index (χ1v) is 12.8. The molecule has 9 nitrogen and oxygen atoms in total. The van der Waals surface area contributed by atoms with Gasteiger partial charge in [0.1, 0.15) is 24.4 Å². The molecule has 38 heavy (non-hydrogen) atoms. The Kier molecular flexibility index (Phi) is 6.98. The molecule has 2 aromatic carbocycles. The number of aliphatic hydroxyl groups excluding tert-OH is 1. The van der Waals surface area contributed by atoms with Gasteiger partial charge in [0.15, 0.2) is 11.5 Å². The van der Waals surface area contributed by atoms with E-state index in [1.165, 1.54) is 20.3 Å². The van der Waals surface area contributed by atoms with Crippen LogP contribution in [0.25, 0.3) is 10.9 Å². The van der Waals surface area contributed by atoms with E-state index >= 15 is 0 Å². The van der Waals surface area contributed by atoms with Gasteiger partial charge in [0.05, 0.1) is 56.5 Å². The SMILES string of the molecule is C=C[C@H]1C[N+]2(Cc3cc(OC)c(OC)cc3[N+](=O)[O-])CC[C@H]1C[C@@H]2[C@@H](O)c1ccnc2ccc(OC)cc12. The van der Waals surface area contributed by atoms with Crippen LogP contribution in [0.5, 0.6) is 17.2 Å². The highest BCUT2D eigenvalue weighted by Gasteiger charge is 2.54. The van der Waals surface area contributed by atoms with Crippen molar-refractivity contribution in [3.63, 3.8) is 0 Å². The van der Waals surface area contributed by atoms with Gasteiger partial charge in [-0.05, 0) is 41.8 Å².